The van der Waals surface area contributed by atoms with E-state index in [4.69, 9.17) is 5.73 Å². The molecule has 1 heterocycles. The standard InChI is InChI=1S/C16H25N3O/c1-12-4-5-15(13(2)10-12)18(3)16(20)11-19-8-6-14(17)7-9-19/h4-5,10,14H,6-9,11,17H2,1-3H3. The number of carbonyl (C=O) groups excluding carboxylic acids is 1. The first-order valence-electron chi connectivity index (χ1n) is 7.29. The molecule has 0 saturated carbocycles. The molecule has 20 heavy (non-hydrogen) atoms. The summed E-state index contributed by atoms with van der Waals surface area (Å²) in [7, 11) is 1.86. The molecule has 1 aliphatic heterocycles. The molecule has 1 aliphatic rings. The molecule has 0 bridgehead atoms. The van der Waals surface area contributed by atoms with E-state index in [1.165, 1.54) is 5.56 Å². The second-order valence-electron chi connectivity index (χ2n) is 5.86. The second-order valence-corrected chi connectivity index (χ2v) is 5.86. The van der Waals surface area contributed by atoms with Crippen LogP contribution in [0.25, 0.3) is 0 Å². The highest BCUT2D eigenvalue weighted by atomic mass is 16.2. The SMILES string of the molecule is Cc1ccc(N(C)C(=O)CN2CCC(N)CC2)c(C)c1. The summed E-state index contributed by atoms with van der Waals surface area (Å²) in [4.78, 5) is 16.4. The molecule has 2 N–H and O–H groups in total. The van der Waals surface area contributed by atoms with E-state index in [0.717, 1.165) is 37.2 Å². The lowest BCUT2D eigenvalue weighted by molar-refractivity contribution is -0.119. The van der Waals surface area contributed by atoms with Crippen molar-refractivity contribution < 1.29 is 4.79 Å². The van der Waals surface area contributed by atoms with Crippen LogP contribution in [0.3, 0.4) is 0 Å². The van der Waals surface area contributed by atoms with Crippen LogP contribution in [-0.4, -0.2) is 43.5 Å². The van der Waals surface area contributed by atoms with Crippen LogP contribution < -0.4 is 10.6 Å². The number of benzene rings is 1. The van der Waals surface area contributed by atoms with Crippen molar-refractivity contribution in [2.45, 2.75) is 32.7 Å². The largest absolute Gasteiger partial charge is 0.328 e. The van der Waals surface area contributed by atoms with Gasteiger partial charge in [-0.2, -0.15) is 0 Å². The Hall–Kier alpha value is -1.39. The maximum atomic E-state index is 12.4. The summed E-state index contributed by atoms with van der Waals surface area (Å²) in [6.07, 6.45) is 1.97. The fraction of sp³-hybridized carbons (Fsp3) is 0.562. The number of likely N-dealkylation sites (N-methyl/N-ethyl adjacent to an activating group) is 1. The van der Waals surface area contributed by atoms with E-state index in [0.29, 0.717) is 12.6 Å². The van der Waals surface area contributed by atoms with Gasteiger partial charge >= 0.3 is 0 Å². The van der Waals surface area contributed by atoms with Gasteiger partial charge in [0.15, 0.2) is 0 Å². The van der Waals surface area contributed by atoms with Crippen molar-refractivity contribution in [1.82, 2.24) is 4.90 Å². The maximum absolute atomic E-state index is 12.4. The van der Waals surface area contributed by atoms with Crippen molar-refractivity contribution in [2.75, 3.05) is 31.6 Å². The molecule has 2 rings (SSSR count). The second kappa shape index (κ2) is 6.37. The van der Waals surface area contributed by atoms with Gasteiger partial charge in [0.2, 0.25) is 5.91 Å². The Kier molecular flexibility index (Phi) is 4.78. The molecule has 0 atom stereocenters. The van der Waals surface area contributed by atoms with Crippen LogP contribution in [-0.2, 0) is 4.79 Å². The van der Waals surface area contributed by atoms with Crippen LogP contribution in [0, 0.1) is 13.8 Å². The Morgan fingerprint density at radius 2 is 2.00 bits per heavy atom. The number of hydrogen-bond donors (Lipinski definition) is 1. The summed E-state index contributed by atoms with van der Waals surface area (Å²) < 4.78 is 0. The van der Waals surface area contributed by atoms with Gasteiger partial charge in [0.05, 0.1) is 6.54 Å². The molecular formula is C16H25N3O. The smallest absolute Gasteiger partial charge is 0.240 e. The summed E-state index contributed by atoms with van der Waals surface area (Å²) in [5.41, 5.74) is 9.25. The quantitative estimate of drug-likeness (QED) is 0.913. The Labute approximate surface area is 121 Å². The zero-order valence-electron chi connectivity index (χ0n) is 12.7. The molecule has 4 nitrogen and oxygen atoms in total. The third kappa shape index (κ3) is 3.58. The summed E-state index contributed by atoms with van der Waals surface area (Å²) in [6.45, 7) is 6.44. The van der Waals surface area contributed by atoms with Gasteiger partial charge in [-0.25, -0.2) is 0 Å². The summed E-state index contributed by atoms with van der Waals surface area (Å²) in [5, 5.41) is 0. The first-order chi connectivity index (χ1) is 9.47. The van der Waals surface area contributed by atoms with Gasteiger partial charge in [-0.15, -0.1) is 0 Å². The van der Waals surface area contributed by atoms with E-state index in [9.17, 15) is 4.79 Å². The molecule has 1 saturated heterocycles. The van der Waals surface area contributed by atoms with Gasteiger partial charge in [-0.3, -0.25) is 9.69 Å². The van der Waals surface area contributed by atoms with E-state index in [2.05, 4.69) is 17.9 Å². The lowest BCUT2D eigenvalue weighted by Gasteiger charge is -2.31. The monoisotopic (exact) mass is 275 g/mol. The highest BCUT2D eigenvalue weighted by Gasteiger charge is 2.21. The summed E-state index contributed by atoms with van der Waals surface area (Å²) in [5.74, 6) is 0.146. The first kappa shape index (κ1) is 15.0. The normalized spacial score (nSPS) is 17.2. The van der Waals surface area contributed by atoms with Crippen LogP contribution in [0.4, 0.5) is 5.69 Å². The number of nitrogens with zero attached hydrogens (tertiary/aromatic N) is 2. The molecule has 0 aromatic heterocycles. The lowest BCUT2D eigenvalue weighted by atomic mass is 10.1. The number of hydrogen-bond acceptors (Lipinski definition) is 3. The maximum Gasteiger partial charge on any atom is 0.240 e. The van der Waals surface area contributed by atoms with Crippen LogP contribution in [0.1, 0.15) is 24.0 Å². The van der Waals surface area contributed by atoms with Crippen molar-refractivity contribution in [1.29, 1.82) is 0 Å². The molecule has 1 aromatic rings. The van der Waals surface area contributed by atoms with Gasteiger partial charge in [0.25, 0.3) is 0 Å². The van der Waals surface area contributed by atoms with E-state index in [1.807, 2.05) is 26.1 Å². The van der Waals surface area contributed by atoms with E-state index < -0.39 is 0 Å². The molecule has 4 heteroatoms. The third-order valence-electron chi connectivity index (χ3n) is 4.08. The number of carbonyl (C=O) groups is 1. The molecule has 0 unspecified atom stereocenters. The number of piperidine rings is 1. The van der Waals surface area contributed by atoms with E-state index >= 15 is 0 Å². The Balaban J connectivity index is 1.98. The summed E-state index contributed by atoms with van der Waals surface area (Å²) in [6, 6.07) is 6.48. The van der Waals surface area contributed by atoms with E-state index in [-0.39, 0.29) is 5.91 Å². The van der Waals surface area contributed by atoms with Crippen molar-refractivity contribution in [3.63, 3.8) is 0 Å². The number of nitrogens with two attached hydrogens (primary N) is 1. The van der Waals surface area contributed by atoms with Crippen molar-refractivity contribution in [3.05, 3.63) is 29.3 Å². The molecule has 1 aromatic carbocycles. The minimum Gasteiger partial charge on any atom is -0.328 e. The molecule has 0 radical (unpaired) electrons. The third-order valence-corrected chi connectivity index (χ3v) is 4.08. The lowest BCUT2D eigenvalue weighted by Crippen LogP contribution is -2.45. The predicted molar refractivity (Wildman–Crippen MR) is 83.0 cm³/mol. The predicted octanol–water partition coefficient (Wildman–Crippen LogP) is 1.69. The fourth-order valence-electron chi connectivity index (χ4n) is 2.72. The fourth-order valence-corrected chi connectivity index (χ4v) is 2.72. The average molecular weight is 275 g/mol. The van der Waals surface area contributed by atoms with Crippen LogP contribution in [0.2, 0.25) is 0 Å². The van der Waals surface area contributed by atoms with Crippen LogP contribution in [0.15, 0.2) is 18.2 Å². The zero-order valence-corrected chi connectivity index (χ0v) is 12.7. The highest BCUT2D eigenvalue weighted by Crippen LogP contribution is 2.20. The van der Waals surface area contributed by atoms with Gasteiger partial charge in [-0.05, 0) is 38.3 Å². The Bertz CT molecular complexity index is 479. The minimum atomic E-state index is 0.146. The van der Waals surface area contributed by atoms with Crippen LogP contribution in [0.5, 0.6) is 0 Å². The van der Waals surface area contributed by atoms with Gasteiger partial charge in [0.1, 0.15) is 0 Å². The van der Waals surface area contributed by atoms with Crippen LogP contribution >= 0.6 is 0 Å². The number of aryl methyl sites for hydroxylation is 2. The molecule has 1 amide bonds. The zero-order chi connectivity index (χ0) is 14.7. The Morgan fingerprint density at radius 3 is 2.60 bits per heavy atom. The highest BCUT2D eigenvalue weighted by molar-refractivity contribution is 5.95. The molecule has 0 aliphatic carbocycles. The molecule has 0 spiro atoms. The van der Waals surface area contributed by atoms with E-state index in [1.54, 1.807) is 4.90 Å². The van der Waals surface area contributed by atoms with Crippen molar-refractivity contribution in [3.8, 4) is 0 Å². The Morgan fingerprint density at radius 1 is 1.35 bits per heavy atom. The average Bonchev–Trinajstić information content (AvgIpc) is 2.40. The molecule has 110 valence electrons. The number of anilines is 1. The number of likely N-dealkylation sites (tertiary alicyclic amines) is 1. The number of amides is 1. The van der Waals surface area contributed by atoms with Gasteiger partial charge < -0.3 is 10.6 Å². The molecule has 1 fully saturated rings. The first-order valence-corrected chi connectivity index (χ1v) is 7.29. The van der Waals surface area contributed by atoms with Gasteiger partial charge in [-0.1, -0.05) is 17.7 Å². The number of rotatable bonds is 3. The summed E-state index contributed by atoms with van der Waals surface area (Å²) >= 11 is 0. The topological polar surface area (TPSA) is 49.6 Å². The van der Waals surface area contributed by atoms with Crippen molar-refractivity contribution in [2.24, 2.45) is 5.73 Å². The van der Waals surface area contributed by atoms with Crippen molar-refractivity contribution >= 4 is 11.6 Å². The minimum absolute atomic E-state index is 0.146. The molecular weight excluding hydrogens is 250 g/mol. The van der Waals surface area contributed by atoms with Gasteiger partial charge in [0, 0.05) is 31.9 Å².